The van der Waals surface area contributed by atoms with Gasteiger partial charge in [-0.3, -0.25) is 19.2 Å². The zero-order chi connectivity index (χ0) is 30.7. The lowest BCUT2D eigenvalue weighted by Crippen LogP contribution is -2.71. The summed E-state index contributed by atoms with van der Waals surface area (Å²) in [6, 6.07) is 36.2. The van der Waals surface area contributed by atoms with Gasteiger partial charge in [-0.1, -0.05) is 103 Å². The maximum absolute atomic E-state index is 15.0. The van der Waals surface area contributed by atoms with E-state index in [1.807, 2.05) is 78.9 Å². The van der Waals surface area contributed by atoms with Crippen molar-refractivity contribution in [3.05, 3.63) is 126 Å². The van der Waals surface area contributed by atoms with Gasteiger partial charge in [0.05, 0.1) is 17.5 Å². The second-order valence-electron chi connectivity index (χ2n) is 12.8. The summed E-state index contributed by atoms with van der Waals surface area (Å²) < 4.78 is 0. The van der Waals surface area contributed by atoms with E-state index in [4.69, 9.17) is 0 Å². The number of carbonyl (C=O) groups excluding carboxylic acids is 4. The Hall–Kier alpha value is -5.04. The summed E-state index contributed by atoms with van der Waals surface area (Å²) in [6.45, 7) is 0.156. The average molecular weight is 596 g/mol. The molecule has 0 N–H and O–H groups in total. The van der Waals surface area contributed by atoms with Crippen molar-refractivity contribution in [2.24, 2.45) is 17.8 Å². The number of rotatable bonds is 7. The molecule has 4 aromatic carbocycles. The van der Waals surface area contributed by atoms with E-state index in [-0.39, 0.29) is 43.1 Å². The van der Waals surface area contributed by atoms with Gasteiger partial charge in [-0.2, -0.15) is 0 Å². The third-order valence-electron chi connectivity index (χ3n) is 10.1. The molecule has 8 rings (SSSR count). The maximum atomic E-state index is 15.0. The first-order valence-electron chi connectivity index (χ1n) is 15.7. The molecular weight excluding hydrogens is 562 g/mol. The van der Waals surface area contributed by atoms with Crippen molar-refractivity contribution >= 4 is 29.3 Å². The maximum Gasteiger partial charge on any atom is 0.250 e. The van der Waals surface area contributed by atoms with E-state index in [0.717, 1.165) is 35.1 Å². The lowest BCUT2D eigenvalue weighted by atomic mass is 9.74. The average Bonchev–Trinajstić information content (AvgIpc) is 3.82. The molecule has 4 aromatic rings. The third-order valence-corrected chi connectivity index (χ3v) is 10.1. The monoisotopic (exact) mass is 595 g/mol. The first-order valence-corrected chi connectivity index (χ1v) is 15.7. The fourth-order valence-corrected chi connectivity index (χ4v) is 8.06. The van der Waals surface area contributed by atoms with Gasteiger partial charge in [-0.05, 0) is 53.1 Å². The minimum Gasteiger partial charge on any atom is -0.327 e. The number of piperazine rings is 1. The summed E-state index contributed by atoms with van der Waals surface area (Å²) in [4.78, 5) is 62.7. The van der Waals surface area contributed by atoms with Gasteiger partial charge in [0, 0.05) is 19.0 Å². The smallest absolute Gasteiger partial charge is 0.250 e. The molecule has 45 heavy (non-hydrogen) atoms. The molecule has 4 atom stereocenters. The third kappa shape index (κ3) is 4.32. The van der Waals surface area contributed by atoms with Crippen molar-refractivity contribution in [2.75, 3.05) is 11.4 Å². The zero-order valence-electron chi connectivity index (χ0n) is 24.8. The number of anilines is 1. The highest BCUT2D eigenvalue weighted by Gasteiger charge is 2.76. The van der Waals surface area contributed by atoms with Crippen LogP contribution in [-0.4, -0.2) is 51.6 Å². The molecule has 0 aromatic heterocycles. The number of nitrogens with zero attached hydrogens (tertiary/aromatic N) is 3. The normalized spacial score (nSPS) is 26.0. The summed E-state index contributed by atoms with van der Waals surface area (Å²) in [5.41, 5.74) is 2.92. The van der Waals surface area contributed by atoms with Crippen LogP contribution in [0.4, 0.5) is 5.69 Å². The quantitative estimate of drug-likeness (QED) is 0.279. The van der Waals surface area contributed by atoms with Gasteiger partial charge in [-0.15, -0.1) is 0 Å². The standard InChI is InChI=1S/C38H33N3O4/c42-31-24-39(23-26-16-18-28(19-17-26)27-12-6-2-7-13-27)37(45)38(22-25-10-4-1-5-11-25)33-32(34(41(31)38)29-20-21-29)35(43)40(36(33)44)30-14-8-3-9-15-30/h1-19,29,32-34H,20-24H2/t32-,33-,34-,38-/m1/s1. The van der Waals surface area contributed by atoms with Gasteiger partial charge in [0.1, 0.15) is 12.1 Å². The fourth-order valence-electron chi connectivity index (χ4n) is 8.06. The molecule has 7 nitrogen and oxygen atoms in total. The summed E-state index contributed by atoms with van der Waals surface area (Å²) in [5, 5.41) is 0. The number of fused-ring (bicyclic) bond motifs is 3. The highest BCUT2D eigenvalue weighted by Crippen LogP contribution is 2.58. The Kier molecular flexibility index (Phi) is 6.45. The van der Waals surface area contributed by atoms with Crippen LogP contribution in [0.15, 0.2) is 115 Å². The van der Waals surface area contributed by atoms with Crippen molar-refractivity contribution in [3.8, 4) is 11.1 Å². The van der Waals surface area contributed by atoms with Crippen LogP contribution in [0.25, 0.3) is 11.1 Å². The number of imide groups is 1. The second-order valence-corrected chi connectivity index (χ2v) is 12.8. The molecule has 4 amide bonds. The highest BCUT2D eigenvalue weighted by atomic mass is 16.2. The van der Waals surface area contributed by atoms with Gasteiger partial charge < -0.3 is 9.80 Å². The molecule has 7 heteroatoms. The van der Waals surface area contributed by atoms with Gasteiger partial charge in [-0.25, -0.2) is 4.90 Å². The van der Waals surface area contributed by atoms with Crippen LogP contribution < -0.4 is 4.90 Å². The lowest BCUT2D eigenvalue weighted by Gasteiger charge is -2.49. The zero-order valence-corrected chi connectivity index (χ0v) is 24.8. The second kappa shape index (κ2) is 10.5. The molecule has 0 bridgehead atoms. The van der Waals surface area contributed by atoms with Gasteiger partial charge >= 0.3 is 0 Å². The predicted octanol–water partition coefficient (Wildman–Crippen LogP) is 5.10. The molecule has 3 saturated heterocycles. The van der Waals surface area contributed by atoms with Crippen molar-refractivity contribution < 1.29 is 19.2 Å². The number of benzene rings is 4. The van der Waals surface area contributed by atoms with Crippen LogP contribution in [0.3, 0.4) is 0 Å². The molecule has 1 aliphatic carbocycles. The molecule has 3 aliphatic heterocycles. The molecular formula is C38H33N3O4. The summed E-state index contributed by atoms with van der Waals surface area (Å²) in [6.07, 6.45) is 1.92. The van der Waals surface area contributed by atoms with Crippen LogP contribution >= 0.6 is 0 Å². The number of amides is 4. The van der Waals surface area contributed by atoms with Crippen LogP contribution in [0, 0.1) is 17.8 Å². The Labute approximate surface area is 262 Å². The van der Waals surface area contributed by atoms with Crippen LogP contribution in [-0.2, 0) is 32.1 Å². The Morgan fingerprint density at radius 3 is 1.89 bits per heavy atom. The van der Waals surface area contributed by atoms with Crippen LogP contribution in [0.1, 0.15) is 24.0 Å². The largest absolute Gasteiger partial charge is 0.327 e. The van der Waals surface area contributed by atoms with E-state index in [1.165, 1.54) is 4.90 Å². The Balaban J connectivity index is 1.21. The van der Waals surface area contributed by atoms with E-state index < -0.39 is 29.3 Å². The highest BCUT2D eigenvalue weighted by molar-refractivity contribution is 6.25. The Bertz CT molecular complexity index is 1790. The number of para-hydroxylation sites is 1. The molecule has 1 saturated carbocycles. The van der Waals surface area contributed by atoms with Gasteiger partial charge in [0.2, 0.25) is 17.7 Å². The Morgan fingerprint density at radius 2 is 1.24 bits per heavy atom. The molecule has 3 heterocycles. The summed E-state index contributed by atoms with van der Waals surface area (Å²) >= 11 is 0. The van der Waals surface area contributed by atoms with E-state index in [9.17, 15) is 14.4 Å². The SMILES string of the molecule is O=C1[C@H]2[C@@H](C3CC3)N3C(=O)CN(Cc4ccc(-c5ccccc5)cc4)C(=O)[C@@]3(Cc3ccccc3)[C@H]2C(=O)N1c1ccccc1. The lowest BCUT2D eigenvalue weighted by molar-refractivity contribution is -0.168. The molecule has 0 radical (unpaired) electrons. The first-order chi connectivity index (χ1) is 22.0. The fraction of sp³-hybridized carbons (Fsp3) is 0.263. The van der Waals surface area contributed by atoms with Gasteiger partial charge in [0.15, 0.2) is 0 Å². The topological polar surface area (TPSA) is 78.0 Å². The minimum atomic E-state index is -1.49. The number of hydrogen-bond acceptors (Lipinski definition) is 4. The summed E-state index contributed by atoms with van der Waals surface area (Å²) in [7, 11) is 0. The van der Waals surface area contributed by atoms with Crippen LogP contribution in [0.2, 0.25) is 0 Å². The van der Waals surface area contributed by atoms with E-state index in [0.29, 0.717) is 5.69 Å². The molecule has 4 fully saturated rings. The van der Waals surface area contributed by atoms with Crippen molar-refractivity contribution in [1.82, 2.24) is 9.80 Å². The van der Waals surface area contributed by atoms with Gasteiger partial charge in [0.25, 0.3) is 5.91 Å². The summed E-state index contributed by atoms with van der Waals surface area (Å²) in [5.74, 6) is -2.77. The number of hydrogen-bond donors (Lipinski definition) is 0. The predicted molar refractivity (Wildman–Crippen MR) is 169 cm³/mol. The minimum absolute atomic E-state index is 0.0801. The Morgan fingerprint density at radius 1 is 0.644 bits per heavy atom. The van der Waals surface area contributed by atoms with E-state index in [2.05, 4.69) is 12.1 Å². The van der Waals surface area contributed by atoms with Crippen molar-refractivity contribution in [3.63, 3.8) is 0 Å². The number of carbonyl (C=O) groups is 4. The molecule has 224 valence electrons. The molecule has 0 unspecified atom stereocenters. The van der Waals surface area contributed by atoms with E-state index >= 15 is 4.79 Å². The van der Waals surface area contributed by atoms with Crippen molar-refractivity contribution in [1.29, 1.82) is 0 Å². The van der Waals surface area contributed by atoms with Crippen LogP contribution in [0.5, 0.6) is 0 Å². The van der Waals surface area contributed by atoms with Crippen molar-refractivity contribution in [2.45, 2.75) is 37.4 Å². The molecule has 4 aliphatic rings. The molecule has 0 spiro atoms. The first kappa shape index (κ1) is 27.5. The van der Waals surface area contributed by atoms with E-state index in [1.54, 1.807) is 34.1 Å².